The molecule has 106 valence electrons. The first kappa shape index (κ1) is 12.3. The number of benzene rings is 2. The van der Waals surface area contributed by atoms with Crippen LogP contribution in [0, 0.1) is 0 Å². The van der Waals surface area contributed by atoms with Gasteiger partial charge in [0, 0.05) is 23.2 Å². The number of hydrogen-bond donors (Lipinski definition) is 1. The highest BCUT2D eigenvalue weighted by atomic mass is 32.2. The molecule has 0 radical (unpaired) electrons. The first-order valence-corrected chi connectivity index (χ1v) is 7.85. The fraction of sp³-hybridized carbons (Fsp3) is 0.0667. The lowest BCUT2D eigenvalue weighted by molar-refractivity contribution is 0.174. The molecule has 0 fully saturated rings. The van der Waals surface area contributed by atoms with E-state index >= 15 is 0 Å². The van der Waals surface area contributed by atoms with Crippen LogP contribution < -0.4 is 9.47 Å². The number of aromatic amines is 1. The molecular formula is C15H11NO4S. The molecule has 1 aliphatic heterocycles. The highest BCUT2D eigenvalue weighted by Gasteiger charge is 2.24. The van der Waals surface area contributed by atoms with Gasteiger partial charge in [0.15, 0.2) is 11.5 Å². The summed E-state index contributed by atoms with van der Waals surface area (Å²) in [5, 5.41) is 0.676. The number of para-hydroxylation sites is 1. The third-order valence-corrected chi connectivity index (χ3v) is 5.29. The van der Waals surface area contributed by atoms with Gasteiger partial charge in [-0.1, -0.05) is 18.2 Å². The summed E-state index contributed by atoms with van der Waals surface area (Å²) < 4.78 is 36.0. The minimum Gasteiger partial charge on any atom is -0.454 e. The lowest BCUT2D eigenvalue weighted by Crippen LogP contribution is -2.01. The van der Waals surface area contributed by atoms with Crippen molar-refractivity contribution in [3.05, 3.63) is 48.7 Å². The zero-order valence-electron chi connectivity index (χ0n) is 10.9. The number of rotatable bonds is 2. The van der Waals surface area contributed by atoms with Crippen molar-refractivity contribution in [3.8, 4) is 11.5 Å². The molecule has 0 atom stereocenters. The lowest BCUT2D eigenvalue weighted by atomic mass is 10.2. The Labute approximate surface area is 121 Å². The summed E-state index contributed by atoms with van der Waals surface area (Å²) in [5.41, 5.74) is 0.789. The Morgan fingerprint density at radius 2 is 1.81 bits per heavy atom. The Bertz CT molecular complexity index is 943. The van der Waals surface area contributed by atoms with Gasteiger partial charge in [0.2, 0.25) is 16.6 Å². The van der Waals surface area contributed by atoms with Crippen molar-refractivity contribution in [2.45, 2.75) is 9.79 Å². The summed E-state index contributed by atoms with van der Waals surface area (Å²) in [6, 6.07) is 11.9. The molecule has 3 aromatic rings. The molecular weight excluding hydrogens is 290 g/mol. The number of ether oxygens (including phenoxy) is 2. The second kappa shape index (κ2) is 4.26. The van der Waals surface area contributed by atoms with Gasteiger partial charge in [0.05, 0.1) is 9.79 Å². The Morgan fingerprint density at radius 3 is 2.71 bits per heavy atom. The van der Waals surface area contributed by atoms with Gasteiger partial charge in [-0.15, -0.1) is 0 Å². The SMILES string of the molecule is O=S(=O)(c1ccc2c(c1)OCO2)c1c[nH]c2ccccc12. The van der Waals surface area contributed by atoms with Gasteiger partial charge in [-0.25, -0.2) is 8.42 Å². The van der Waals surface area contributed by atoms with Gasteiger partial charge < -0.3 is 14.5 Å². The van der Waals surface area contributed by atoms with Crippen LogP contribution in [0.4, 0.5) is 0 Å². The molecule has 1 aromatic heterocycles. The normalized spacial score (nSPS) is 13.7. The van der Waals surface area contributed by atoms with Crippen molar-refractivity contribution < 1.29 is 17.9 Å². The van der Waals surface area contributed by atoms with Gasteiger partial charge in [-0.2, -0.15) is 0 Å². The van der Waals surface area contributed by atoms with Gasteiger partial charge >= 0.3 is 0 Å². The van der Waals surface area contributed by atoms with Crippen molar-refractivity contribution in [3.63, 3.8) is 0 Å². The fourth-order valence-corrected chi connectivity index (χ4v) is 3.88. The highest BCUT2D eigenvalue weighted by molar-refractivity contribution is 7.91. The quantitative estimate of drug-likeness (QED) is 0.790. The smallest absolute Gasteiger partial charge is 0.231 e. The third-order valence-electron chi connectivity index (χ3n) is 3.50. The summed E-state index contributed by atoms with van der Waals surface area (Å²) in [5.74, 6) is 1.02. The van der Waals surface area contributed by atoms with E-state index < -0.39 is 9.84 Å². The second-order valence-corrected chi connectivity index (χ2v) is 6.64. The fourth-order valence-electron chi connectivity index (χ4n) is 2.44. The predicted molar refractivity (Wildman–Crippen MR) is 76.3 cm³/mol. The molecule has 0 unspecified atom stereocenters. The standard InChI is InChI=1S/C15H11NO4S/c17-21(18,10-5-6-13-14(7-10)20-9-19-13)15-8-16-12-4-2-1-3-11(12)15/h1-8,16H,9H2. The summed E-state index contributed by atoms with van der Waals surface area (Å²) >= 11 is 0. The van der Waals surface area contributed by atoms with Gasteiger partial charge in [-0.3, -0.25) is 0 Å². The zero-order valence-corrected chi connectivity index (χ0v) is 11.7. The molecule has 6 heteroatoms. The molecule has 0 bridgehead atoms. The van der Waals surface area contributed by atoms with Crippen LogP contribution in [0.15, 0.2) is 58.5 Å². The van der Waals surface area contributed by atoms with E-state index in [1.165, 1.54) is 18.3 Å². The van der Waals surface area contributed by atoms with Crippen molar-refractivity contribution in [1.82, 2.24) is 4.98 Å². The van der Waals surface area contributed by atoms with Gasteiger partial charge in [0.25, 0.3) is 0 Å². The van der Waals surface area contributed by atoms with Crippen LogP contribution in [0.3, 0.4) is 0 Å². The molecule has 4 rings (SSSR count). The molecule has 21 heavy (non-hydrogen) atoms. The molecule has 0 saturated carbocycles. The number of hydrogen-bond acceptors (Lipinski definition) is 4. The van der Waals surface area contributed by atoms with Crippen molar-refractivity contribution in [2.75, 3.05) is 6.79 Å². The van der Waals surface area contributed by atoms with Crippen LogP contribution in [-0.2, 0) is 9.84 Å². The maximum Gasteiger partial charge on any atom is 0.231 e. The van der Waals surface area contributed by atoms with Crippen LogP contribution in [0.1, 0.15) is 0 Å². The number of sulfone groups is 1. The van der Waals surface area contributed by atoms with Gasteiger partial charge in [0.1, 0.15) is 0 Å². The largest absolute Gasteiger partial charge is 0.454 e. The van der Waals surface area contributed by atoms with Crippen LogP contribution in [0.2, 0.25) is 0 Å². The van der Waals surface area contributed by atoms with Crippen molar-refractivity contribution in [1.29, 1.82) is 0 Å². The van der Waals surface area contributed by atoms with Crippen LogP contribution in [0.5, 0.6) is 11.5 Å². The molecule has 0 spiro atoms. The Hall–Kier alpha value is -2.47. The maximum atomic E-state index is 12.8. The molecule has 5 nitrogen and oxygen atoms in total. The predicted octanol–water partition coefficient (Wildman–Crippen LogP) is 2.73. The molecule has 2 aromatic carbocycles. The topological polar surface area (TPSA) is 68.4 Å². The summed E-state index contributed by atoms with van der Waals surface area (Å²) in [6.45, 7) is 0.117. The molecule has 1 N–H and O–H groups in total. The average Bonchev–Trinajstić information content (AvgIpc) is 3.13. The Kier molecular flexibility index (Phi) is 2.49. The number of nitrogens with one attached hydrogen (secondary N) is 1. The van der Waals surface area contributed by atoms with E-state index in [4.69, 9.17) is 9.47 Å². The molecule has 0 saturated heterocycles. The van der Waals surface area contributed by atoms with Crippen molar-refractivity contribution in [2.24, 2.45) is 0 Å². The molecule has 0 aliphatic carbocycles. The second-order valence-electron chi connectivity index (χ2n) is 4.72. The maximum absolute atomic E-state index is 12.8. The highest BCUT2D eigenvalue weighted by Crippen LogP contribution is 2.36. The number of fused-ring (bicyclic) bond motifs is 2. The zero-order chi connectivity index (χ0) is 14.4. The van der Waals surface area contributed by atoms with E-state index in [0.29, 0.717) is 16.9 Å². The third kappa shape index (κ3) is 1.80. The molecule has 1 aliphatic rings. The first-order valence-electron chi connectivity index (χ1n) is 6.37. The number of aromatic nitrogens is 1. The molecule has 0 amide bonds. The minimum absolute atomic E-state index is 0.117. The Balaban J connectivity index is 1.90. The van der Waals surface area contributed by atoms with Gasteiger partial charge in [-0.05, 0) is 18.2 Å². The van der Waals surface area contributed by atoms with E-state index in [1.54, 1.807) is 12.1 Å². The van der Waals surface area contributed by atoms with E-state index in [1.807, 2.05) is 18.2 Å². The van der Waals surface area contributed by atoms with Crippen LogP contribution in [0.25, 0.3) is 10.9 Å². The number of H-pyrrole nitrogens is 1. The lowest BCUT2D eigenvalue weighted by Gasteiger charge is -2.04. The van der Waals surface area contributed by atoms with E-state index in [0.717, 1.165) is 5.52 Å². The van der Waals surface area contributed by atoms with E-state index in [9.17, 15) is 8.42 Å². The van der Waals surface area contributed by atoms with E-state index in [2.05, 4.69) is 4.98 Å². The van der Waals surface area contributed by atoms with Crippen LogP contribution in [-0.4, -0.2) is 20.2 Å². The van der Waals surface area contributed by atoms with Crippen molar-refractivity contribution >= 4 is 20.7 Å². The molecule has 2 heterocycles. The summed E-state index contributed by atoms with van der Waals surface area (Å²) in [7, 11) is -3.61. The monoisotopic (exact) mass is 301 g/mol. The minimum atomic E-state index is -3.61. The average molecular weight is 301 g/mol. The van der Waals surface area contributed by atoms with Crippen LogP contribution >= 0.6 is 0 Å². The Morgan fingerprint density at radius 1 is 1.00 bits per heavy atom. The van der Waals surface area contributed by atoms with E-state index in [-0.39, 0.29) is 16.6 Å². The summed E-state index contributed by atoms with van der Waals surface area (Å²) in [6.07, 6.45) is 1.52. The summed E-state index contributed by atoms with van der Waals surface area (Å²) in [4.78, 5) is 3.43. The first-order chi connectivity index (χ1) is 10.2.